The standard InChI is InChI=1S/C25H30N4O3/c1-28(2)24(32)25(11-14-29(15-12-25)23(31)21-9-10-22(30)27-21)16-18-5-7-19(8-6-18)20-4-3-13-26-17-20/h3-8,13,17,21H,9-12,14-16H2,1-2H3,(H,27,30)/t21-/m0/s1. The molecular formula is C25H30N4O3. The first-order chi connectivity index (χ1) is 15.4. The molecule has 0 bridgehead atoms. The summed E-state index contributed by atoms with van der Waals surface area (Å²) in [6, 6.07) is 11.8. The number of likely N-dealkylation sites (tertiary alicyclic amines) is 1. The predicted octanol–water partition coefficient (Wildman–Crippen LogP) is 2.27. The van der Waals surface area contributed by atoms with Gasteiger partial charge in [0, 0.05) is 46.0 Å². The molecule has 2 aliphatic rings. The minimum absolute atomic E-state index is 0.0254. The molecule has 3 amide bonds. The Balaban J connectivity index is 1.48. The van der Waals surface area contributed by atoms with E-state index in [4.69, 9.17) is 0 Å². The van der Waals surface area contributed by atoms with Crippen molar-refractivity contribution in [2.24, 2.45) is 5.41 Å². The molecule has 2 aromatic rings. The van der Waals surface area contributed by atoms with Gasteiger partial charge in [0.15, 0.2) is 0 Å². The Labute approximate surface area is 188 Å². The van der Waals surface area contributed by atoms with Crippen LogP contribution in [0.3, 0.4) is 0 Å². The van der Waals surface area contributed by atoms with Crippen LogP contribution in [-0.2, 0) is 20.8 Å². The molecule has 168 valence electrons. The van der Waals surface area contributed by atoms with Crippen LogP contribution in [-0.4, -0.2) is 65.7 Å². The van der Waals surface area contributed by atoms with Crippen LogP contribution in [0.5, 0.6) is 0 Å². The highest BCUT2D eigenvalue weighted by molar-refractivity contribution is 5.91. The van der Waals surface area contributed by atoms with Gasteiger partial charge < -0.3 is 15.1 Å². The lowest BCUT2D eigenvalue weighted by atomic mass is 9.72. The molecule has 32 heavy (non-hydrogen) atoms. The topological polar surface area (TPSA) is 82.6 Å². The van der Waals surface area contributed by atoms with Gasteiger partial charge in [0.25, 0.3) is 0 Å². The Hall–Kier alpha value is -3.22. The summed E-state index contributed by atoms with van der Waals surface area (Å²) in [5.41, 5.74) is 2.73. The number of piperidine rings is 1. The van der Waals surface area contributed by atoms with Crippen LogP contribution in [0.2, 0.25) is 0 Å². The van der Waals surface area contributed by atoms with Gasteiger partial charge in [-0.25, -0.2) is 0 Å². The fourth-order valence-corrected chi connectivity index (χ4v) is 4.85. The van der Waals surface area contributed by atoms with Crippen LogP contribution in [0, 0.1) is 5.41 Å². The fraction of sp³-hybridized carbons (Fsp3) is 0.440. The van der Waals surface area contributed by atoms with E-state index in [9.17, 15) is 14.4 Å². The molecule has 1 aromatic heterocycles. The van der Waals surface area contributed by atoms with Crippen molar-refractivity contribution in [2.75, 3.05) is 27.2 Å². The lowest BCUT2D eigenvalue weighted by Gasteiger charge is -2.42. The molecule has 2 fully saturated rings. The largest absolute Gasteiger partial charge is 0.348 e. The van der Waals surface area contributed by atoms with Gasteiger partial charge in [-0.15, -0.1) is 0 Å². The van der Waals surface area contributed by atoms with Gasteiger partial charge in [-0.1, -0.05) is 30.3 Å². The number of carbonyl (C=O) groups is 3. The van der Waals surface area contributed by atoms with Crippen molar-refractivity contribution < 1.29 is 14.4 Å². The lowest BCUT2D eigenvalue weighted by Crippen LogP contribution is -2.53. The number of pyridine rings is 1. The number of rotatable bonds is 5. The Bertz CT molecular complexity index is 980. The maximum atomic E-state index is 13.2. The van der Waals surface area contributed by atoms with E-state index in [-0.39, 0.29) is 17.7 Å². The second kappa shape index (κ2) is 9.10. The van der Waals surface area contributed by atoms with E-state index in [1.54, 1.807) is 25.2 Å². The monoisotopic (exact) mass is 434 g/mol. The van der Waals surface area contributed by atoms with Crippen molar-refractivity contribution in [2.45, 2.75) is 38.1 Å². The number of nitrogens with zero attached hydrogens (tertiary/aromatic N) is 3. The van der Waals surface area contributed by atoms with Crippen molar-refractivity contribution in [3.05, 3.63) is 54.4 Å². The van der Waals surface area contributed by atoms with E-state index < -0.39 is 11.5 Å². The normalized spacial score (nSPS) is 20.0. The number of hydrogen-bond donors (Lipinski definition) is 1. The maximum Gasteiger partial charge on any atom is 0.245 e. The third-order valence-corrected chi connectivity index (χ3v) is 6.68. The Morgan fingerprint density at radius 3 is 2.41 bits per heavy atom. The van der Waals surface area contributed by atoms with Crippen molar-refractivity contribution in [1.29, 1.82) is 0 Å². The molecule has 4 rings (SSSR count). The van der Waals surface area contributed by atoms with Gasteiger partial charge in [0.1, 0.15) is 6.04 Å². The number of benzene rings is 1. The van der Waals surface area contributed by atoms with E-state index in [1.807, 2.05) is 23.2 Å². The van der Waals surface area contributed by atoms with Crippen LogP contribution < -0.4 is 5.32 Å². The first-order valence-electron chi connectivity index (χ1n) is 11.2. The molecule has 0 saturated carbocycles. The SMILES string of the molecule is CN(C)C(=O)C1(Cc2ccc(-c3cccnc3)cc2)CCN(C(=O)[C@@H]2CCC(=O)N2)CC1. The van der Waals surface area contributed by atoms with Crippen LogP contribution in [0.15, 0.2) is 48.8 Å². The van der Waals surface area contributed by atoms with Crippen molar-refractivity contribution >= 4 is 17.7 Å². The molecular weight excluding hydrogens is 404 g/mol. The highest BCUT2D eigenvalue weighted by atomic mass is 16.2. The van der Waals surface area contributed by atoms with Crippen LogP contribution in [0.25, 0.3) is 11.1 Å². The lowest BCUT2D eigenvalue weighted by molar-refractivity contribution is -0.147. The van der Waals surface area contributed by atoms with E-state index >= 15 is 0 Å². The Kier molecular flexibility index (Phi) is 6.26. The van der Waals surface area contributed by atoms with Gasteiger partial charge in [-0.05, 0) is 48.4 Å². The maximum absolute atomic E-state index is 13.2. The average molecular weight is 435 g/mol. The summed E-state index contributed by atoms with van der Waals surface area (Å²) in [5.74, 6) is 0.0184. The Morgan fingerprint density at radius 1 is 1.12 bits per heavy atom. The van der Waals surface area contributed by atoms with Crippen LogP contribution in [0.4, 0.5) is 0 Å². The van der Waals surface area contributed by atoms with Gasteiger partial charge >= 0.3 is 0 Å². The highest BCUT2D eigenvalue weighted by Crippen LogP contribution is 2.37. The van der Waals surface area contributed by atoms with E-state index in [0.29, 0.717) is 45.2 Å². The molecule has 0 unspecified atom stereocenters. The summed E-state index contributed by atoms with van der Waals surface area (Å²) in [6.07, 6.45) is 6.42. The molecule has 3 heterocycles. The zero-order valence-electron chi connectivity index (χ0n) is 18.7. The highest BCUT2D eigenvalue weighted by Gasteiger charge is 2.44. The molecule has 0 aliphatic carbocycles. The van der Waals surface area contributed by atoms with E-state index in [2.05, 4.69) is 34.6 Å². The van der Waals surface area contributed by atoms with Crippen LogP contribution in [0.1, 0.15) is 31.2 Å². The van der Waals surface area contributed by atoms with Gasteiger partial charge in [-0.3, -0.25) is 19.4 Å². The summed E-state index contributed by atoms with van der Waals surface area (Å²) >= 11 is 0. The summed E-state index contributed by atoms with van der Waals surface area (Å²) in [7, 11) is 3.59. The molecule has 0 spiro atoms. The van der Waals surface area contributed by atoms with Crippen molar-refractivity contribution in [3.8, 4) is 11.1 Å². The first kappa shape index (κ1) is 22.0. The molecule has 7 nitrogen and oxygen atoms in total. The number of hydrogen-bond acceptors (Lipinski definition) is 4. The molecule has 0 radical (unpaired) electrons. The van der Waals surface area contributed by atoms with Crippen LogP contribution >= 0.6 is 0 Å². The Morgan fingerprint density at radius 2 is 1.84 bits per heavy atom. The van der Waals surface area contributed by atoms with Gasteiger partial charge in [-0.2, -0.15) is 0 Å². The second-order valence-electron chi connectivity index (χ2n) is 9.08. The minimum atomic E-state index is -0.533. The number of amides is 3. The van der Waals surface area contributed by atoms with E-state index in [1.165, 1.54) is 0 Å². The van der Waals surface area contributed by atoms with E-state index in [0.717, 1.165) is 16.7 Å². The molecule has 1 N–H and O–H groups in total. The summed E-state index contributed by atoms with van der Waals surface area (Å²) in [6.45, 7) is 1.05. The van der Waals surface area contributed by atoms with Crippen molar-refractivity contribution in [3.63, 3.8) is 0 Å². The minimum Gasteiger partial charge on any atom is -0.348 e. The second-order valence-corrected chi connectivity index (χ2v) is 9.08. The van der Waals surface area contributed by atoms with Crippen molar-refractivity contribution in [1.82, 2.24) is 20.1 Å². The zero-order chi connectivity index (χ0) is 22.7. The fourth-order valence-electron chi connectivity index (χ4n) is 4.85. The molecule has 2 aliphatic heterocycles. The molecule has 1 atom stereocenters. The number of nitrogens with one attached hydrogen (secondary N) is 1. The predicted molar refractivity (Wildman–Crippen MR) is 121 cm³/mol. The number of aromatic nitrogens is 1. The molecule has 1 aromatic carbocycles. The average Bonchev–Trinajstić information content (AvgIpc) is 3.26. The van der Waals surface area contributed by atoms with Gasteiger partial charge in [0.2, 0.25) is 17.7 Å². The quantitative estimate of drug-likeness (QED) is 0.783. The summed E-state index contributed by atoms with van der Waals surface area (Å²) < 4.78 is 0. The zero-order valence-corrected chi connectivity index (χ0v) is 18.7. The van der Waals surface area contributed by atoms with Gasteiger partial charge in [0.05, 0.1) is 5.41 Å². The molecule has 7 heteroatoms. The third kappa shape index (κ3) is 4.52. The smallest absolute Gasteiger partial charge is 0.245 e. The summed E-state index contributed by atoms with van der Waals surface area (Å²) in [5, 5.41) is 2.76. The summed E-state index contributed by atoms with van der Waals surface area (Å²) in [4.78, 5) is 45.2. The third-order valence-electron chi connectivity index (χ3n) is 6.68. The first-order valence-corrected chi connectivity index (χ1v) is 11.2. The molecule has 2 saturated heterocycles. The number of carbonyl (C=O) groups excluding carboxylic acids is 3.